The van der Waals surface area contributed by atoms with Gasteiger partial charge in [0.15, 0.2) is 5.82 Å². The van der Waals surface area contributed by atoms with E-state index >= 15 is 0 Å². The molecule has 0 amide bonds. The predicted octanol–water partition coefficient (Wildman–Crippen LogP) is 4.21. The summed E-state index contributed by atoms with van der Waals surface area (Å²) in [6, 6.07) is 7.90. The molecule has 1 aliphatic rings. The quantitative estimate of drug-likeness (QED) is 0.658. The first-order valence-corrected chi connectivity index (χ1v) is 8.20. The molecule has 0 aliphatic carbocycles. The number of anilines is 3. The smallest absolute Gasteiger partial charge is 0.161 e. The molecule has 26 heavy (non-hydrogen) atoms. The van der Waals surface area contributed by atoms with Gasteiger partial charge in [0.1, 0.15) is 17.5 Å². The Hall–Kier alpha value is -3.06. The summed E-state index contributed by atoms with van der Waals surface area (Å²) in [5, 5.41) is 3.05. The molecule has 0 saturated heterocycles. The van der Waals surface area contributed by atoms with Crippen molar-refractivity contribution in [1.29, 1.82) is 0 Å². The highest BCUT2D eigenvalue weighted by Gasteiger charge is 2.16. The minimum atomic E-state index is -0.378. The van der Waals surface area contributed by atoms with Gasteiger partial charge in [0, 0.05) is 29.9 Å². The van der Waals surface area contributed by atoms with Gasteiger partial charge in [-0.2, -0.15) is 0 Å². The molecule has 4 rings (SSSR count). The number of nitrogens with zero attached hydrogens (tertiary/aromatic N) is 2. The largest absolute Gasteiger partial charge is 0.337 e. The number of rotatable bonds is 3. The summed E-state index contributed by atoms with van der Waals surface area (Å²) in [6.07, 6.45) is 1.66. The van der Waals surface area contributed by atoms with Crippen LogP contribution in [-0.4, -0.2) is 9.97 Å². The lowest BCUT2D eigenvalue weighted by atomic mass is 10.1. The van der Waals surface area contributed by atoms with Crippen LogP contribution in [0.5, 0.6) is 0 Å². The van der Waals surface area contributed by atoms with E-state index in [1.54, 1.807) is 31.3 Å². The maximum Gasteiger partial charge on any atom is 0.161 e. The number of halogens is 2. The molecule has 0 radical (unpaired) electrons. The van der Waals surface area contributed by atoms with Crippen LogP contribution in [0.1, 0.15) is 16.7 Å². The first-order chi connectivity index (χ1) is 12.5. The Labute approximate surface area is 149 Å². The fourth-order valence-corrected chi connectivity index (χ4v) is 2.83. The molecule has 3 aromatic rings. The summed E-state index contributed by atoms with van der Waals surface area (Å²) in [7, 11) is 0. The molecular weight excluding hydrogens is 336 g/mol. The summed E-state index contributed by atoms with van der Waals surface area (Å²) in [4.78, 5) is 8.82. The molecule has 2 aromatic carbocycles. The van der Waals surface area contributed by atoms with E-state index in [1.807, 2.05) is 6.92 Å². The van der Waals surface area contributed by atoms with E-state index in [0.717, 1.165) is 16.8 Å². The maximum atomic E-state index is 14.4. The van der Waals surface area contributed by atoms with E-state index in [4.69, 9.17) is 0 Å². The van der Waals surface area contributed by atoms with E-state index < -0.39 is 0 Å². The Morgan fingerprint density at radius 2 is 1.88 bits per heavy atom. The number of hydrogen-bond acceptors (Lipinski definition) is 5. The zero-order valence-electron chi connectivity index (χ0n) is 14.3. The monoisotopic (exact) mass is 353 g/mol. The van der Waals surface area contributed by atoms with Crippen molar-refractivity contribution in [2.24, 2.45) is 0 Å². The SMILES string of the molecule is Cc1cc(-c2ncc(C)c(Nc3cc4c(cc3F)NNC4)n2)ccc1F. The van der Waals surface area contributed by atoms with Crippen LogP contribution in [0.15, 0.2) is 36.5 Å². The highest BCUT2D eigenvalue weighted by atomic mass is 19.1. The van der Waals surface area contributed by atoms with E-state index in [0.29, 0.717) is 35.0 Å². The van der Waals surface area contributed by atoms with E-state index in [1.165, 1.54) is 12.1 Å². The van der Waals surface area contributed by atoms with Crippen LogP contribution in [0.3, 0.4) is 0 Å². The fourth-order valence-electron chi connectivity index (χ4n) is 2.83. The van der Waals surface area contributed by atoms with E-state index in [-0.39, 0.29) is 11.6 Å². The Bertz CT molecular complexity index is 1000. The highest BCUT2D eigenvalue weighted by molar-refractivity contribution is 5.68. The van der Waals surface area contributed by atoms with Crippen LogP contribution in [0.4, 0.5) is 26.0 Å². The van der Waals surface area contributed by atoms with Gasteiger partial charge in [-0.3, -0.25) is 0 Å². The van der Waals surface area contributed by atoms with Crippen LogP contribution < -0.4 is 16.2 Å². The van der Waals surface area contributed by atoms with Gasteiger partial charge in [-0.1, -0.05) is 0 Å². The molecule has 0 fully saturated rings. The van der Waals surface area contributed by atoms with Crippen LogP contribution in [-0.2, 0) is 6.54 Å². The summed E-state index contributed by atoms with van der Waals surface area (Å²) in [6.45, 7) is 4.15. The molecule has 3 N–H and O–H groups in total. The third-order valence-corrected chi connectivity index (χ3v) is 4.34. The molecule has 0 atom stereocenters. The molecule has 0 saturated carbocycles. The second-order valence-corrected chi connectivity index (χ2v) is 6.28. The van der Waals surface area contributed by atoms with Crippen molar-refractivity contribution < 1.29 is 8.78 Å². The number of benzene rings is 2. The summed E-state index contributed by atoms with van der Waals surface area (Å²) in [5.41, 5.74) is 9.91. The van der Waals surface area contributed by atoms with Crippen molar-refractivity contribution in [3.63, 3.8) is 0 Å². The molecule has 7 heteroatoms. The fraction of sp³-hybridized carbons (Fsp3) is 0.158. The standard InChI is InChI=1S/C19H17F2N5/c1-10-5-12(3-4-14(10)20)19-22-8-11(2)18(25-19)24-17-6-13-9-23-26-16(13)7-15(17)21/h3-8,23,26H,9H2,1-2H3,(H,22,24,25). The van der Waals surface area contributed by atoms with Gasteiger partial charge in [-0.15, -0.1) is 0 Å². The maximum absolute atomic E-state index is 14.4. The molecule has 1 aromatic heterocycles. The Morgan fingerprint density at radius 1 is 1.04 bits per heavy atom. The minimum Gasteiger partial charge on any atom is -0.337 e. The number of aryl methyl sites for hydroxylation is 2. The summed E-state index contributed by atoms with van der Waals surface area (Å²) in [5.74, 6) is 0.305. The second kappa shape index (κ2) is 6.34. The van der Waals surface area contributed by atoms with Gasteiger partial charge in [0.05, 0.1) is 11.4 Å². The van der Waals surface area contributed by atoms with Crippen molar-refractivity contribution >= 4 is 17.2 Å². The summed E-state index contributed by atoms with van der Waals surface area (Å²) < 4.78 is 27.9. The lowest BCUT2D eigenvalue weighted by Gasteiger charge is -2.12. The van der Waals surface area contributed by atoms with Crippen molar-refractivity contribution in [3.05, 3.63) is 64.9 Å². The molecule has 0 unspecified atom stereocenters. The Morgan fingerprint density at radius 3 is 2.69 bits per heavy atom. The number of hydrogen-bond donors (Lipinski definition) is 3. The lowest BCUT2D eigenvalue weighted by molar-refractivity contribution is 0.618. The number of hydrazine groups is 1. The molecule has 5 nitrogen and oxygen atoms in total. The number of nitrogens with one attached hydrogen (secondary N) is 3. The van der Waals surface area contributed by atoms with Crippen molar-refractivity contribution in [1.82, 2.24) is 15.4 Å². The molecule has 2 heterocycles. The first-order valence-electron chi connectivity index (χ1n) is 8.20. The average molecular weight is 353 g/mol. The molecular formula is C19H17F2N5. The zero-order chi connectivity index (χ0) is 18.3. The molecule has 0 spiro atoms. The van der Waals surface area contributed by atoms with Crippen molar-refractivity contribution in [2.75, 3.05) is 10.7 Å². The molecule has 0 bridgehead atoms. The molecule has 132 valence electrons. The first kappa shape index (κ1) is 16.4. The van der Waals surface area contributed by atoms with Crippen molar-refractivity contribution in [2.45, 2.75) is 20.4 Å². The van der Waals surface area contributed by atoms with E-state index in [9.17, 15) is 8.78 Å². The highest BCUT2D eigenvalue weighted by Crippen LogP contribution is 2.30. The van der Waals surface area contributed by atoms with Crippen LogP contribution >= 0.6 is 0 Å². The van der Waals surface area contributed by atoms with Gasteiger partial charge in [0.25, 0.3) is 0 Å². The van der Waals surface area contributed by atoms with Gasteiger partial charge in [-0.05, 0) is 49.2 Å². The van der Waals surface area contributed by atoms with Gasteiger partial charge >= 0.3 is 0 Å². The number of fused-ring (bicyclic) bond motifs is 1. The van der Waals surface area contributed by atoms with E-state index in [2.05, 4.69) is 26.1 Å². The Balaban J connectivity index is 1.70. The topological polar surface area (TPSA) is 61.9 Å². The third-order valence-electron chi connectivity index (χ3n) is 4.34. The number of aromatic nitrogens is 2. The second-order valence-electron chi connectivity index (χ2n) is 6.28. The van der Waals surface area contributed by atoms with Crippen LogP contribution in [0.2, 0.25) is 0 Å². The van der Waals surface area contributed by atoms with Gasteiger partial charge in [-0.25, -0.2) is 24.2 Å². The summed E-state index contributed by atoms with van der Waals surface area (Å²) >= 11 is 0. The van der Waals surface area contributed by atoms with Crippen LogP contribution in [0, 0.1) is 25.5 Å². The van der Waals surface area contributed by atoms with Crippen molar-refractivity contribution in [3.8, 4) is 11.4 Å². The normalized spacial score (nSPS) is 12.6. The predicted molar refractivity (Wildman–Crippen MR) is 97.0 cm³/mol. The average Bonchev–Trinajstić information content (AvgIpc) is 3.06. The molecule has 1 aliphatic heterocycles. The lowest BCUT2D eigenvalue weighted by Crippen LogP contribution is -2.10. The Kier molecular flexibility index (Phi) is 4.00. The van der Waals surface area contributed by atoms with Crippen LogP contribution in [0.25, 0.3) is 11.4 Å². The minimum absolute atomic E-state index is 0.276. The van der Waals surface area contributed by atoms with Gasteiger partial charge < -0.3 is 10.7 Å². The zero-order valence-corrected chi connectivity index (χ0v) is 14.3. The third kappa shape index (κ3) is 2.97. The van der Waals surface area contributed by atoms with Gasteiger partial charge in [0.2, 0.25) is 0 Å².